The lowest BCUT2D eigenvalue weighted by molar-refractivity contribution is -0.167. The summed E-state index contributed by atoms with van der Waals surface area (Å²) in [6.45, 7) is -1.30. The van der Waals surface area contributed by atoms with E-state index in [1.54, 1.807) is 17.4 Å². The fourth-order valence-corrected chi connectivity index (χ4v) is 4.35. The molecule has 12 heteroatoms. The lowest BCUT2D eigenvalue weighted by Gasteiger charge is -2.21. The van der Waals surface area contributed by atoms with Crippen LogP contribution in [-0.4, -0.2) is 54.4 Å². The number of rotatable bonds is 7. The number of aliphatic carboxylic acids is 1. The van der Waals surface area contributed by atoms with Crippen molar-refractivity contribution in [3.63, 3.8) is 0 Å². The van der Waals surface area contributed by atoms with Crippen LogP contribution in [0.3, 0.4) is 0 Å². The number of alkyl carbamates (subject to hydrolysis) is 1. The number of carboxylic acids is 1. The summed E-state index contributed by atoms with van der Waals surface area (Å²) < 4.78 is 72.0. The zero-order chi connectivity index (χ0) is 25.5. The summed E-state index contributed by atoms with van der Waals surface area (Å²) in [5.41, 5.74) is 3.46. The first kappa shape index (κ1) is 24.4. The molecule has 0 bridgehead atoms. The second-order valence-electron chi connectivity index (χ2n) is 8.29. The molecule has 2 aliphatic carbocycles. The third-order valence-corrected chi connectivity index (χ3v) is 6.16. The number of amides is 2. The molecule has 1 fully saturated rings. The number of fused-ring (bicyclic) bond motifs is 3. The molecular weight excluding hydrogens is 479 g/mol. The Morgan fingerprint density at radius 2 is 1.54 bits per heavy atom. The van der Waals surface area contributed by atoms with Gasteiger partial charge in [0.05, 0.1) is 5.92 Å². The summed E-state index contributed by atoms with van der Waals surface area (Å²) in [6, 6.07) is 11.5. The number of carbonyl (C=O) groups is 3. The largest absolute Gasteiger partial charge is 0.481 e. The van der Waals surface area contributed by atoms with Gasteiger partial charge in [-0.2, -0.15) is 13.2 Å². The van der Waals surface area contributed by atoms with E-state index in [2.05, 4.69) is 0 Å². The number of benzene rings is 2. The second kappa shape index (κ2) is 8.82. The quantitative estimate of drug-likeness (QED) is 0.507. The molecule has 2 amide bonds. The van der Waals surface area contributed by atoms with E-state index in [0.717, 1.165) is 22.3 Å². The first-order valence-corrected chi connectivity index (χ1v) is 10.5. The lowest BCUT2D eigenvalue weighted by Crippen LogP contribution is -2.55. The Labute approximate surface area is 195 Å². The summed E-state index contributed by atoms with van der Waals surface area (Å²) in [5, 5.41) is 11.8. The van der Waals surface area contributed by atoms with Gasteiger partial charge in [-0.15, -0.1) is 0 Å². The van der Waals surface area contributed by atoms with E-state index < -0.39 is 60.4 Å². The number of ether oxygens (including phenoxy) is 1. The Balaban J connectivity index is 1.38. The predicted molar refractivity (Wildman–Crippen MR) is 111 cm³/mol. The molecule has 35 heavy (non-hydrogen) atoms. The van der Waals surface area contributed by atoms with Gasteiger partial charge < -0.3 is 20.5 Å². The highest BCUT2D eigenvalue weighted by atomic mass is 19.4. The molecule has 2 aromatic carbocycles. The number of nitrogens with one attached hydrogen (secondary N) is 2. The summed E-state index contributed by atoms with van der Waals surface area (Å²) >= 11 is 0. The zero-order valence-electron chi connectivity index (χ0n) is 17.8. The molecule has 0 saturated heterocycles. The molecule has 3 N–H and O–H groups in total. The van der Waals surface area contributed by atoms with Gasteiger partial charge in [0.15, 0.2) is 0 Å². The minimum Gasteiger partial charge on any atom is -0.481 e. The van der Waals surface area contributed by atoms with Gasteiger partial charge in [0, 0.05) is 12.5 Å². The minimum atomic E-state index is -5.26. The average molecular weight is 498 g/mol. The van der Waals surface area contributed by atoms with Crippen LogP contribution in [0.4, 0.5) is 26.7 Å². The third-order valence-electron chi connectivity index (χ3n) is 6.16. The molecule has 3 atom stereocenters. The molecule has 0 aliphatic heterocycles. The van der Waals surface area contributed by atoms with Gasteiger partial charge >= 0.3 is 18.2 Å². The number of alkyl halides is 5. The first-order valence-electron chi connectivity index (χ1n) is 10.5. The van der Waals surface area contributed by atoms with Gasteiger partial charge in [-0.3, -0.25) is 9.59 Å². The normalized spacial score (nSPS) is 20.8. The average Bonchev–Trinajstić information content (AvgIpc) is 3.21. The van der Waals surface area contributed by atoms with Crippen molar-refractivity contribution in [2.75, 3.05) is 13.2 Å². The summed E-state index contributed by atoms with van der Waals surface area (Å²) in [7, 11) is 0. The van der Waals surface area contributed by atoms with E-state index in [1.807, 2.05) is 36.4 Å². The van der Waals surface area contributed by atoms with Gasteiger partial charge in [0.25, 0.3) is 11.8 Å². The molecule has 3 unspecified atom stereocenters. The lowest BCUT2D eigenvalue weighted by atomic mass is 9.98. The third kappa shape index (κ3) is 4.64. The van der Waals surface area contributed by atoms with Crippen LogP contribution in [0.15, 0.2) is 48.5 Å². The SMILES string of the molecule is O=C(NC(C(=O)NCC1C(C(=O)O)C1(F)F)C(F)(F)F)OCC1c2ccccc2-c2ccccc21. The number of halogens is 5. The van der Waals surface area contributed by atoms with E-state index in [0.29, 0.717) is 0 Å². The zero-order valence-corrected chi connectivity index (χ0v) is 17.8. The summed E-state index contributed by atoms with van der Waals surface area (Å²) in [4.78, 5) is 35.0. The van der Waals surface area contributed by atoms with Crippen molar-refractivity contribution in [3.8, 4) is 11.1 Å². The van der Waals surface area contributed by atoms with Crippen LogP contribution in [0, 0.1) is 11.8 Å². The Morgan fingerprint density at radius 1 is 1.00 bits per heavy atom. The van der Waals surface area contributed by atoms with Crippen molar-refractivity contribution < 1.29 is 46.2 Å². The van der Waals surface area contributed by atoms with E-state index in [9.17, 15) is 36.3 Å². The minimum absolute atomic E-state index is 0.305. The molecule has 0 radical (unpaired) electrons. The van der Waals surface area contributed by atoms with E-state index in [-0.39, 0.29) is 6.61 Å². The maximum Gasteiger partial charge on any atom is 0.417 e. The van der Waals surface area contributed by atoms with Crippen molar-refractivity contribution in [1.29, 1.82) is 0 Å². The Hall–Kier alpha value is -3.70. The van der Waals surface area contributed by atoms with Crippen LogP contribution in [-0.2, 0) is 14.3 Å². The topological polar surface area (TPSA) is 105 Å². The van der Waals surface area contributed by atoms with Crippen LogP contribution >= 0.6 is 0 Å². The molecule has 0 heterocycles. The highest BCUT2D eigenvalue weighted by molar-refractivity contribution is 5.87. The molecule has 2 aliphatic rings. The van der Waals surface area contributed by atoms with Gasteiger partial charge in [-0.05, 0) is 22.3 Å². The van der Waals surface area contributed by atoms with Crippen LogP contribution in [0.2, 0.25) is 0 Å². The number of hydrogen-bond acceptors (Lipinski definition) is 4. The highest BCUT2D eigenvalue weighted by Crippen LogP contribution is 2.55. The first-order chi connectivity index (χ1) is 16.4. The molecule has 4 rings (SSSR count). The monoisotopic (exact) mass is 498 g/mol. The molecule has 186 valence electrons. The molecule has 2 aromatic rings. The maximum absolute atomic E-state index is 13.4. The Kier molecular flexibility index (Phi) is 6.16. The van der Waals surface area contributed by atoms with Crippen LogP contribution < -0.4 is 10.6 Å². The van der Waals surface area contributed by atoms with Crippen molar-refractivity contribution >= 4 is 18.0 Å². The smallest absolute Gasteiger partial charge is 0.417 e. The Bertz CT molecular complexity index is 1120. The molecule has 7 nitrogen and oxygen atoms in total. The number of carboxylic acid groups (broad SMARTS) is 1. The second-order valence-corrected chi connectivity index (χ2v) is 8.29. The summed E-state index contributed by atoms with van der Waals surface area (Å²) in [6.07, 6.45) is -6.78. The van der Waals surface area contributed by atoms with Gasteiger partial charge in [0.2, 0.25) is 6.04 Å². The van der Waals surface area contributed by atoms with Crippen molar-refractivity contribution in [1.82, 2.24) is 10.6 Å². The van der Waals surface area contributed by atoms with Gasteiger partial charge in [0.1, 0.15) is 12.5 Å². The van der Waals surface area contributed by atoms with Crippen LogP contribution in [0.5, 0.6) is 0 Å². The standard InChI is InChI=1S/C23H19F5N2O5/c24-22(25)16(17(22)20(32)33)9-29-19(31)18(23(26,27)28)30-21(34)35-10-15-13-7-3-1-5-11(13)12-6-2-4-8-14(12)15/h1-8,15-18H,9-10H2,(H,29,31)(H,30,34)(H,32,33). The fourth-order valence-electron chi connectivity index (χ4n) is 4.35. The molecule has 1 saturated carbocycles. The van der Waals surface area contributed by atoms with Gasteiger partial charge in [-0.25, -0.2) is 13.6 Å². The highest BCUT2D eigenvalue weighted by Gasteiger charge is 2.72. The number of carbonyl (C=O) groups excluding carboxylic acids is 2. The van der Waals surface area contributed by atoms with E-state index in [4.69, 9.17) is 9.84 Å². The molecule has 0 aromatic heterocycles. The van der Waals surface area contributed by atoms with E-state index >= 15 is 0 Å². The van der Waals surface area contributed by atoms with Crippen molar-refractivity contribution in [2.45, 2.75) is 24.1 Å². The number of hydrogen-bond donors (Lipinski definition) is 3. The van der Waals surface area contributed by atoms with Crippen molar-refractivity contribution in [3.05, 3.63) is 59.7 Å². The van der Waals surface area contributed by atoms with Gasteiger partial charge in [-0.1, -0.05) is 48.5 Å². The van der Waals surface area contributed by atoms with E-state index in [1.165, 1.54) is 5.32 Å². The maximum atomic E-state index is 13.4. The van der Waals surface area contributed by atoms with Crippen LogP contribution in [0.25, 0.3) is 11.1 Å². The predicted octanol–water partition coefficient (Wildman–Crippen LogP) is 3.54. The Morgan fingerprint density at radius 3 is 2.03 bits per heavy atom. The molecular formula is C23H19F5N2O5. The van der Waals surface area contributed by atoms with Crippen LogP contribution in [0.1, 0.15) is 17.0 Å². The molecule has 0 spiro atoms. The fraction of sp³-hybridized carbons (Fsp3) is 0.348. The summed E-state index contributed by atoms with van der Waals surface area (Å²) in [5.74, 6) is -11.6. The van der Waals surface area contributed by atoms with Crippen molar-refractivity contribution in [2.24, 2.45) is 11.8 Å².